The minimum Gasteiger partial charge on any atom is -0.339 e. The van der Waals surface area contributed by atoms with Crippen LogP contribution >= 0.6 is 11.3 Å². The van der Waals surface area contributed by atoms with Crippen LogP contribution in [0, 0.1) is 13.8 Å². The first-order valence-electron chi connectivity index (χ1n) is 8.56. The van der Waals surface area contributed by atoms with Crippen molar-refractivity contribution in [3.05, 3.63) is 34.0 Å². The molecule has 0 radical (unpaired) electrons. The quantitative estimate of drug-likeness (QED) is 0.910. The van der Waals surface area contributed by atoms with E-state index in [1.54, 1.807) is 23.7 Å². The molecular weight excluding hydrogens is 336 g/mol. The van der Waals surface area contributed by atoms with Crippen molar-refractivity contribution in [2.24, 2.45) is 0 Å². The maximum Gasteiger partial charge on any atom is 0.317 e. The number of rotatable bonds is 3. The maximum absolute atomic E-state index is 12.6. The minimum atomic E-state index is -0.0886. The van der Waals surface area contributed by atoms with Crippen LogP contribution in [0.5, 0.6) is 0 Å². The van der Waals surface area contributed by atoms with Gasteiger partial charge in [0.15, 0.2) is 0 Å². The monoisotopic (exact) mass is 360 g/mol. The van der Waals surface area contributed by atoms with E-state index in [-0.39, 0.29) is 12.1 Å². The van der Waals surface area contributed by atoms with Gasteiger partial charge in [0.1, 0.15) is 0 Å². The molecule has 25 heavy (non-hydrogen) atoms. The molecule has 1 aliphatic rings. The first kappa shape index (κ1) is 17.6. The summed E-state index contributed by atoms with van der Waals surface area (Å²) < 4.78 is 0. The van der Waals surface area contributed by atoms with E-state index in [1.807, 2.05) is 31.7 Å². The van der Waals surface area contributed by atoms with Crippen LogP contribution in [0.2, 0.25) is 0 Å². The van der Waals surface area contributed by atoms with Gasteiger partial charge >= 0.3 is 6.03 Å². The lowest BCUT2D eigenvalue weighted by Gasteiger charge is -2.24. The summed E-state index contributed by atoms with van der Waals surface area (Å²) >= 11 is 1.66. The molecule has 1 aliphatic heterocycles. The van der Waals surface area contributed by atoms with Crippen LogP contribution in [0.1, 0.15) is 35.0 Å². The predicted octanol–water partition coefficient (Wildman–Crippen LogP) is 2.53. The van der Waals surface area contributed by atoms with E-state index in [0.29, 0.717) is 6.54 Å². The van der Waals surface area contributed by atoms with Gasteiger partial charge in [-0.2, -0.15) is 0 Å². The Balaban J connectivity index is 1.58. The zero-order valence-corrected chi connectivity index (χ0v) is 15.7. The Morgan fingerprint density at radius 3 is 2.64 bits per heavy atom. The number of nitrogens with zero attached hydrogens (tertiary/aromatic N) is 5. The number of urea groups is 1. The lowest BCUT2D eigenvalue weighted by atomic mass is 10.2. The predicted molar refractivity (Wildman–Crippen MR) is 99.0 cm³/mol. The van der Waals surface area contributed by atoms with Crippen molar-refractivity contribution in [2.75, 3.05) is 31.1 Å². The highest BCUT2D eigenvalue weighted by Gasteiger charge is 2.23. The Hall–Kier alpha value is -2.22. The molecule has 1 N–H and O–H groups in total. The largest absolute Gasteiger partial charge is 0.339 e. The van der Waals surface area contributed by atoms with Gasteiger partial charge < -0.3 is 15.1 Å². The van der Waals surface area contributed by atoms with Crippen LogP contribution in [0.3, 0.4) is 0 Å². The first-order chi connectivity index (χ1) is 12.0. The van der Waals surface area contributed by atoms with Gasteiger partial charge in [-0.1, -0.05) is 0 Å². The number of hydrogen-bond acceptors (Lipinski definition) is 6. The molecule has 3 heterocycles. The van der Waals surface area contributed by atoms with Crippen LogP contribution in [0.4, 0.5) is 10.7 Å². The molecule has 1 saturated heterocycles. The molecule has 1 atom stereocenters. The highest BCUT2D eigenvalue weighted by molar-refractivity contribution is 7.11. The van der Waals surface area contributed by atoms with Crippen LogP contribution in [0.25, 0.3) is 0 Å². The SMILES string of the molecule is Cc1nc([C@H](C)NC(=O)N2CCCN(c3ncccn3)CC2)c(C)s1. The summed E-state index contributed by atoms with van der Waals surface area (Å²) in [5.41, 5.74) is 0.963. The fraction of sp³-hybridized carbons (Fsp3) is 0.529. The normalized spacial score (nSPS) is 16.4. The van der Waals surface area contributed by atoms with E-state index in [9.17, 15) is 4.79 Å². The van der Waals surface area contributed by atoms with Gasteiger partial charge in [-0.3, -0.25) is 0 Å². The van der Waals surface area contributed by atoms with Crippen LogP contribution in [0.15, 0.2) is 18.5 Å². The van der Waals surface area contributed by atoms with Crippen molar-refractivity contribution in [1.82, 2.24) is 25.2 Å². The minimum absolute atomic E-state index is 0.0339. The fourth-order valence-electron chi connectivity index (χ4n) is 3.07. The highest BCUT2D eigenvalue weighted by atomic mass is 32.1. The lowest BCUT2D eigenvalue weighted by molar-refractivity contribution is 0.198. The van der Waals surface area contributed by atoms with E-state index in [1.165, 1.54) is 0 Å². The van der Waals surface area contributed by atoms with Crippen molar-refractivity contribution >= 4 is 23.3 Å². The molecule has 0 aromatic carbocycles. The smallest absolute Gasteiger partial charge is 0.317 e. The van der Waals surface area contributed by atoms with Crippen molar-refractivity contribution in [1.29, 1.82) is 0 Å². The Morgan fingerprint density at radius 2 is 1.96 bits per heavy atom. The number of hydrogen-bond donors (Lipinski definition) is 1. The Kier molecular flexibility index (Phi) is 5.47. The van der Waals surface area contributed by atoms with Gasteiger partial charge in [-0.15, -0.1) is 11.3 Å². The first-order valence-corrected chi connectivity index (χ1v) is 9.37. The molecule has 0 bridgehead atoms. The van der Waals surface area contributed by atoms with Gasteiger partial charge in [0, 0.05) is 43.4 Å². The molecular formula is C17H24N6OS. The molecule has 0 saturated carbocycles. The number of amides is 2. The third kappa shape index (κ3) is 4.25. The third-order valence-corrected chi connectivity index (χ3v) is 5.21. The number of nitrogens with one attached hydrogen (secondary N) is 1. The number of aromatic nitrogens is 3. The number of carbonyl (C=O) groups is 1. The van der Waals surface area contributed by atoms with Crippen molar-refractivity contribution in [3.63, 3.8) is 0 Å². The molecule has 0 aliphatic carbocycles. The van der Waals surface area contributed by atoms with Gasteiger partial charge in [-0.05, 0) is 33.3 Å². The average Bonchev–Trinajstić information content (AvgIpc) is 2.81. The van der Waals surface area contributed by atoms with Crippen molar-refractivity contribution in [2.45, 2.75) is 33.2 Å². The van der Waals surface area contributed by atoms with E-state index >= 15 is 0 Å². The van der Waals surface area contributed by atoms with Gasteiger partial charge in [0.2, 0.25) is 5.95 Å². The molecule has 2 amide bonds. The molecule has 0 unspecified atom stereocenters. The molecule has 2 aromatic heterocycles. The molecule has 2 aromatic rings. The third-order valence-electron chi connectivity index (χ3n) is 4.31. The zero-order chi connectivity index (χ0) is 17.8. The van der Waals surface area contributed by atoms with Crippen molar-refractivity contribution < 1.29 is 4.79 Å². The average molecular weight is 360 g/mol. The molecule has 7 nitrogen and oxygen atoms in total. The number of anilines is 1. The van der Waals surface area contributed by atoms with E-state index in [4.69, 9.17) is 0 Å². The Morgan fingerprint density at radius 1 is 1.20 bits per heavy atom. The topological polar surface area (TPSA) is 74.2 Å². The van der Waals surface area contributed by atoms with E-state index < -0.39 is 0 Å². The zero-order valence-electron chi connectivity index (χ0n) is 14.9. The fourth-order valence-corrected chi connectivity index (χ4v) is 3.98. The van der Waals surface area contributed by atoms with Crippen LogP contribution in [-0.4, -0.2) is 52.1 Å². The Bertz CT molecular complexity index is 719. The van der Waals surface area contributed by atoms with Crippen LogP contribution < -0.4 is 10.2 Å². The molecule has 3 rings (SSSR count). The van der Waals surface area contributed by atoms with Crippen LogP contribution in [-0.2, 0) is 0 Å². The van der Waals surface area contributed by atoms with Gasteiger partial charge in [0.25, 0.3) is 0 Å². The summed E-state index contributed by atoms with van der Waals surface area (Å²) in [6.07, 6.45) is 4.39. The van der Waals surface area contributed by atoms with Crippen molar-refractivity contribution in [3.8, 4) is 0 Å². The summed E-state index contributed by atoms with van der Waals surface area (Å²) in [6.45, 7) is 9.01. The summed E-state index contributed by atoms with van der Waals surface area (Å²) in [4.78, 5) is 30.9. The standard InChI is InChI=1S/C17H24N6OS/c1-12(15-13(2)25-14(3)21-15)20-17(24)23-9-5-8-22(10-11-23)16-18-6-4-7-19-16/h4,6-7,12H,5,8-11H2,1-3H3,(H,20,24)/t12-/m0/s1. The van der Waals surface area contributed by atoms with Gasteiger partial charge in [0.05, 0.1) is 16.7 Å². The second-order valence-electron chi connectivity index (χ2n) is 6.22. The molecule has 8 heteroatoms. The summed E-state index contributed by atoms with van der Waals surface area (Å²) in [5.74, 6) is 0.728. The molecule has 134 valence electrons. The second kappa shape index (κ2) is 7.77. The lowest BCUT2D eigenvalue weighted by Crippen LogP contribution is -2.43. The number of thiazole rings is 1. The molecule has 0 spiro atoms. The number of carbonyl (C=O) groups excluding carboxylic acids is 1. The summed E-state index contributed by atoms with van der Waals surface area (Å²) in [7, 11) is 0. The molecule has 1 fully saturated rings. The number of aryl methyl sites for hydroxylation is 2. The van der Waals surface area contributed by atoms with Gasteiger partial charge in [-0.25, -0.2) is 19.7 Å². The van der Waals surface area contributed by atoms with E-state index in [0.717, 1.165) is 47.6 Å². The second-order valence-corrected chi connectivity index (χ2v) is 7.63. The summed E-state index contributed by atoms with van der Waals surface area (Å²) in [5, 5.41) is 4.11. The highest BCUT2D eigenvalue weighted by Crippen LogP contribution is 2.22. The maximum atomic E-state index is 12.6. The summed E-state index contributed by atoms with van der Waals surface area (Å²) in [6, 6.07) is 1.69. The Labute approximate surface area is 152 Å². The van der Waals surface area contributed by atoms with E-state index in [2.05, 4.69) is 25.2 Å².